The SMILES string of the molecule is CCCCCOc1ccc(C(=O)Oc2ccc(OCc3ccccc3)cc2)cc1OCCCCC. The predicted molar refractivity (Wildman–Crippen MR) is 139 cm³/mol. The van der Waals surface area contributed by atoms with Crippen LogP contribution >= 0.6 is 0 Å². The summed E-state index contributed by atoms with van der Waals surface area (Å²) in [4.78, 5) is 12.8. The Bertz CT molecular complexity index is 1010. The highest BCUT2D eigenvalue weighted by Crippen LogP contribution is 2.30. The van der Waals surface area contributed by atoms with Crippen LogP contribution in [0.3, 0.4) is 0 Å². The number of benzene rings is 3. The Morgan fingerprint density at radius 1 is 0.657 bits per heavy atom. The van der Waals surface area contributed by atoms with Gasteiger partial charge in [-0.2, -0.15) is 0 Å². The summed E-state index contributed by atoms with van der Waals surface area (Å²) in [6.07, 6.45) is 6.41. The molecular formula is C30H36O5. The van der Waals surface area contributed by atoms with E-state index in [4.69, 9.17) is 18.9 Å². The van der Waals surface area contributed by atoms with Crippen LogP contribution < -0.4 is 18.9 Å². The molecule has 0 aromatic heterocycles. The van der Waals surface area contributed by atoms with Gasteiger partial charge in [0.2, 0.25) is 0 Å². The largest absolute Gasteiger partial charge is 0.490 e. The quantitative estimate of drug-likeness (QED) is 0.128. The lowest BCUT2D eigenvalue weighted by Gasteiger charge is -2.14. The van der Waals surface area contributed by atoms with Crippen molar-refractivity contribution in [1.29, 1.82) is 0 Å². The van der Waals surface area contributed by atoms with Gasteiger partial charge in [-0.25, -0.2) is 4.79 Å². The van der Waals surface area contributed by atoms with Crippen molar-refractivity contribution in [2.45, 2.75) is 59.0 Å². The number of carbonyl (C=O) groups is 1. The van der Waals surface area contributed by atoms with Crippen LogP contribution in [-0.4, -0.2) is 19.2 Å². The minimum atomic E-state index is -0.445. The molecule has 0 heterocycles. The zero-order chi connectivity index (χ0) is 24.7. The minimum Gasteiger partial charge on any atom is -0.490 e. The molecule has 0 spiro atoms. The maximum atomic E-state index is 12.8. The molecule has 0 atom stereocenters. The first-order chi connectivity index (χ1) is 17.2. The highest BCUT2D eigenvalue weighted by molar-refractivity contribution is 5.91. The van der Waals surface area contributed by atoms with E-state index in [9.17, 15) is 4.79 Å². The van der Waals surface area contributed by atoms with Gasteiger partial charge >= 0.3 is 5.97 Å². The molecule has 0 saturated heterocycles. The van der Waals surface area contributed by atoms with Gasteiger partial charge in [0.15, 0.2) is 11.5 Å². The van der Waals surface area contributed by atoms with Crippen molar-refractivity contribution in [3.63, 3.8) is 0 Å². The summed E-state index contributed by atoms with van der Waals surface area (Å²) in [5.41, 5.74) is 1.51. The molecule has 5 heteroatoms. The molecule has 3 rings (SSSR count). The summed E-state index contributed by atoms with van der Waals surface area (Å²) in [5.74, 6) is 1.96. The van der Waals surface area contributed by atoms with Crippen LogP contribution in [-0.2, 0) is 6.61 Å². The van der Waals surface area contributed by atoms with E-state index in [2.05, 4.69) is 13.8 Å². The molecule has 0 bridgehead atoms. The maximum absolute atomic E-state index is 12.8. The van der Waals surface area contributed by atoms with Crippen LogP contribution in [0.5, 0.6) is 23.0 Å². The first-order valence-corrected chi connectivity index (χ1v) is 12.6. The standard InChI is InChI=1S/C30H36O5/c1-3-5-10-20-32-28-19-14-25(22-29(28)33-21-11-6-4-2)30(31)35-27-17-15-26(16-18-27)34-23-24-12-8-7-9-13-24/h7-9,12-19,22H,3-6,10-11,20-21,23H2,1-2H3. The van der Waals surface area contributed by atoms with E-state index >= 15 is 0 Å². The van der Waals surface area contributed by atoms with Crippen molar-refractivity contribution in [3.8, 4) is 23.0 Å². The lowest BCUT2D eigenvalue weighted by molar-refractivity contribution is 0.0734. The number of rotatable bonds is 15. The number of hydrogen-bond acceptors (Lipinski definition) is 5. The lowest BCUT2D eigenvalue weighted by Crippen LogP contribution is -2.10. The van der Waals surface area contributed by atoms with E-state index in [0.29, 0.717) is 48.4 Å². The molecular weight excluding hydrogens is 440 g/mol. The van der Waals surface area contributed by atoms with E-state index in [0.717, 1.165) is 44.1 Å². The average molecular weight is 477 g/mol. The Labute approximate surface area is 209 Å². The van der Waals surface area contributed by atoms with Gasteiger partial charge in [0.1, 0.15) is 18.1 Å². The molecule has 0 aliphatic rings. The molecule has 3 aromatic carbocycles. The van der Waals surface area contributed by atoms with E-state index in [1.807, 2.05) is 30.3 Å². The Morgan fingerprint density at radius 3 is 1.94 bits per heavy atom. The number of unbranched alkanes of at least 4 members (excludes halogenated alkanes) is 4. The molecule has 186 valence electrons. The Morgan fingerprint density at radius 2 is 1.29 bits per heavy atom. The number of ether oxygens (including phenoxy) is 4. The van der Waals surface area contributed by atoms with Gasteiger partial charge < -0.3 is 18.9 Å². The summed E-state index contributed by atoms with van der Waals surface area (Å²) < 4.78 is 23.3. The van der Waals surface area contributed by atoms with Crippen molar-refractivity contribution >= 4 is 5.97 Å². The predicted octanol–water partition coefficient (Wildman–Crippen LogP) is 7.62. The highest BCUT2D eigenvalue weighted by atomic mass is 16.5. The molecule has 5 nitrogen and oxygen atoms in total. The first-order valence-electron chi connectivity index (χ1n) is 12.6. The van der Waals surface area contributed by atoms with Gasteiger partial charge in [0.25, 0.3) is 0 Å². The fourth-order valence-corrected chi connectivity index (χ4v) is 3.45. The second-order valence-corrected chi connectivity index (χ2v) is 8.41. The summed E-state index contributed by atoms with van der Waals surface area (Å²) in [6, 6.07) is 22.2. The zero-order valence-electron chi connectivity index (χ0n) is 20.8. The number of hydrogen-bond donors (Lipinski definition) is 0. The zero-order valence-corrected chi connectivity index (χ0v) is 20.8. The van der Waals surface area contributed by atoms with Crippen molar-refractivity contribution < 1.29 is 23.7 Å². The van der Waals surface area contributed by atoms with Gasteiger partial charge in [-0.05, 0) is 60.9 Å². The summed E-state index contributed by atoms with van der Waals surface area (Å²) in [5, 5.41) is 0. The van der Waals surface area contributed by atoms with E-state index in [-0.39, 0.29) is 0 Å². The molecule has 0 aliphatic carbocycles. The minimum absolute atomic E-state index is 0.417. The third-order valence-corrected chi connectivity index (χ3v) is 5.47. The van der Waals surface area contributed by atoms with Crippen molar-refractivity contribution in [2.75, 3.05) is 13.2 Å². The molecule has 0 aliphatic heterocycles. The van der Waals surface area contributed by atoms with Gasteiger partial charge in [0.05, 0.1) is 18.8 Å². The van der Waals surface area contributed by atoms with Crippen LogP contribution in [0, 0.1) is 0 Å². The Balaban J connectivity index is 1.60. The average Bonchev–Trinajstić information content (AvgIpc) is 2.90. The van der Waals surface area contributed by atoms with Gasteiger partial charge in [-0.3, -0.25) is 0 Å². The van der Waals surface area contributed by atoms with Gasteiger partial charge in [-0.1, -0.05) is 69.9 Å². The van der Waals surface area contributed by atoms with E-state index in [1.165, 1.54) is 0 Å². The Hall–Kier alpha value is -3.47. The first kappa shape index (κ1) is 26.1. The highest BCUT2D eigenvalue weighted by Gasteiger charge is 2.14. The third-order valence-electron chi connectivity index (χ3n) is 5.47. The molecule has 3 aromatic rings. The molecule has 0 N–H and O–H groups in total. The van der Waals surface area contributed by atoms with Gasteiger partial charge in [0, 0.05) is 0 Å². The number of carbonyl (C=O) groups excluding carboxylic acids is 1. The summed E-state index contributed by atoms with van der Waals surface area (Å²) >= 11 is 0. The van der Waals surface area contributed by atoms with Crippen LogP contribution in [0.25, 0.3) is 0 Å². The van der Waals surface area contributed by atoms with E-state index < -0.39 is 5.97 Å². The summed E-state index contributed by atoms with van der Waals surface area (Å²) in [6.45, 7) is 6.01. The number of esters is 1. The van der Waals surface area contributed by atoms with Crippen LogP contribution in [0.2, 0.25) is 0 Å². The topological polar surface area (TPSA) is 54.0 Å². The fourth-order valence-electron chi connectivity index (χ4n) is 3.45. The van der Waals surface area contributed by atoms with Crippen molar-refractivity contribution in [1.82, 2.24) is 0 Å². The van der Waals surface area contributed by atoms with Gasteiger partial charge in [-0.15, -0.1) is 0 Å². The molecule has 35 heavy (non-hydrogen) atoms. The smallest absolute Gasteiger partial charge is 0.343 e. The second kappa shape index (κ2) is 14.7. The normalized spacial score (nSPS) is 10.6. The van der Waals surface area contributed by atoms with Crippen molar-refractivity contribution in [2.24, 2.45) is 0 Å². The third kappa shape index (κ3) is 9.01. The molecule has 0 amide bonds. The summed E-state index contributed by atoms with van der Waals surface area (Å²) in [7, 11) is 0. The van der Waals surface area contributed by atoms with Crippen LogP contribution in [0.1, 0.15) is 68.3 Å². The lowest BCUT2D eigenvalue weighted by atomic mass is 10.2. The monoisotopic (exact) mass is 476 g/mol. The molecule has 0 fully saturated rings. The molecule has 0 unspecified atom stereocenters. The molecule has 0 saturated carbocycles. The Kier molecular flexibility index (Phi) is 11.0. The van der Waals surface area contributed by atoms with E-state index in [1.54, 1.807) is 42.5 Å². The van der Waals surface area contributed by atoms with Crippen molar-refractivity contribution in [3.05, 3.63) is 83.9 Å². The molecule has 0 radical (unpaired) electrons. The van der Waals surface area contributed by atoms with Crippen LogP contribution in [0.4, 0.5) is 0 Å². The fraction of sp³-hybridized carbons (Fsp3) is 0.367. The van der Waals surface area contributed by atoms with Crippen LogP contribution in [0.15, 0.2) is 72.8 Å². The maximum Gasteiger partial charge on any atom is 0.343 e. The second-order valence-electron chi connectivity index (χ2n) is 8.41.